The average molecular weight is 297 g/mol. The maximum absolute atomic E-state index is 5.68. The fraction of sp³-hybridized carbons (Fsp3) is 0.294. The van der Waals surface area contributed by atoms with E-state index in [0.29, 0.717) is 6.61 Å². The second-order valence-corrected chi connectivity index (χ2v) is 5.06. The quantitative estimate of drug-likeness (QED) is 0.723. The summed E-state index contributed by atoms with van der Waals surface area (Å²) in [5.41, 5.74) is 3.69. The van der Waals surface area contributed by atoms with Crippen molar-refractivity contribution >= 4 is 5.65 Å². The molecule has 0 saturated heterocycles. The summed E-state index contributed by atoms with van der Waals surface area (Å²) in [6.45, 7) is 4.76. The summed E-state index contributed by atoms with van der Waals surface area (Å²) >= 11 is 0. The van der Waals surface area contributed by atoms with Crippen LogP contribution in [0, 0.1) is 6.92 Å². The summed E-state index contributed by atoms with van der Waals surface area (Å²) < 4.78 is 13.3. The molecular weight excluding hydrogens is 278 g/mol. The zero-order valence-electron chi connectivity index (χ0n) is 13.0. The molecule has 0 aliphatic heterocycles. The molecule has 0 fully saturated rings. The molecule has 3 rings (SSSR count). The number of fused-ring (bicyclic) bond motifs is 1. The predicted molar refractivity (Wildman–Crippen MR) is 85.5 cm³/mol. The Hall–Kier alpha value is -2.56. The molecule has 5 nitrogen and oxygen atoms in total. The molecular formula is C17H19N3O2. The van der Waals surface area contributed by atoms with Crippen LogP contribution in [0.15, 0.2) is 36.8 Å². The molecule has 3 aromatic rings. The van der Waals surface area contributed by atoms with Crippen molar-refractivity contribution in [2.45, 2.75) is 20.3 Å². The van der Waals surface area contributed by atoms with Gasteiger partial charge in [-0.1, -0.05) is 6.92 Å². The van der Waals surface area contributed by atoms with E-state index >= 15 is 0 Å². The molecule has 2 aromatic heterocycles. The number of aryl methyl sites for hydroxylation is 1. The first-order valence-corrected chi connectivity index (χ1v) is 7.34. The Morgan fingerprint density at radius 1 is 1.23 bits per heavy atom. The second kappa shape index (κ2) is 6.05. The van der Waals surface area contributed by atoms with Gasteiger partial charge in [0.05, 0.1) is 31.3 Å². The summed E-state index contributed by atoms with van der Waals surface area (Å²) in [6, 6.07) is 5.89. The van der Waals surface area contributed by atoms with E-state index in [1.54, 1.807) is 19.5 Å². The SMILES string of the molecule is CCCOc1ccc(-c2c(C)ncc3nccn23)c(OC)c1. The number of hydrogen-bond donors (Lipinski definition) is 0. The van der Waals surface area contributed by atoms with Crippen molar-refractivity contribution in [1.29, 1.82) is 0 Å². The summed E-state index contributed by atoms with van der Waals surface area (Å²) in [4.78, 5) is 8.73. The zero-order valence-corrected chi connectivity index (χ0v) is 13.0. The van der Waals surface area contributed by atoms with Crippen molar-refractivity contribution in [1.82, 2.24) is 14.4 Å². The van der Waals surface area contributed by atoms with Gasteiger partial charge >= 0.3 is 0 Å². The van der Waals surface area contributed by atoms with Crippen molar-refractivity contribution in [3.05, 3.63) is 42.5 Å². The van der Waals surface area contributed by atoms with Crippen LogP contribution in [0.2, 0.25) is 0 Å². The highest BCUT2D eigenvalue weighted by molar-refractivity contribution is 5.72. The zero-order chi connectivity index (χ0) is 15.5. The van der Waals surface area contributed by atoms with Gasteiger partial charge in [-0.2, -0.15) is 0 Å². The summed E-state index contributed by atoms with van der Waals surface area (Å²) in [5.74, 6) is 1.57. The Morgan fingerprint density at radius 2 is 2.09 bits per heavy atom. The van der Waals surface area contributed by atoms with Crippen molar-refractivity contribution < 1.29 is 9.47 Å². The Bertz CT molecular complexity index is 796. The lowest BCUT2D eigenvalue weighted by atomic mass is 10.1. The summed E-state index contributed by atoms with van der Waals surface area (Å²) in [7, 11) is 1.67. The third kappa shape index (κ3) is 2.50. The Morgan fingerprint density at radius 3 is 2.86 bits per heavy atom. The van der Waals surface area contributed by atoms with E-state index in [-0.39, 0.29) is 0 Å². The van der Waals surface area contributed by atoms with Gasteiger partial charge < -0.3 is 9.47 Å². The lowest BCUT2D eigenvalue weighted by Crippen LogP contribution is -2.00. The van der Waals surface area contributed by atoms with Crippen LogP contribution in [0.4, 0.5) is 0 Å². The van der Waals surface area contributed by atoms with Gasteiger partial charge in [0.15, 0.2) is 5.65 Å². The van der Waals surface area contributed by atoms with Gasteiger partial charge in [0.1, 0.15) is 11.5 Å². The summed E-state index contributed by atoms with van der Waals surface area (Å²) in [6.07, 6.45) is 6.44. The number of methoxy groups -OCH3 is 1. The van der Waals surface area contributed by atoms with Gasteiger partial charge in [-0.3, -0.25) is 9.38 Å². The van der Waals surface area contributed by atoms with Gasteiger partial charge in [0, 0.05) is 24.0 Å². The highest BCUT2D eigenvalue weighted by atomic mass is 16.5. The number of rotatable bonds is 5. The number of benzene rings is 1. The van der Waals surface area contributed by atoms with Crippen molar-refractivity contribution in [2.75, 3.05) is 13.7 Å². The number of hydrogen-bond acceptors (Lipinski definition) is 4. The van der Waals surface area contributed by atoms with Crippen LogP contribution in [0.25, 0.3) is 16.9 Å². The molecule has 0 saturated carbocycles. The van der Waals surface area contributed by atoms with Crippen molar-refractivity contribution in [2.24, 2.45) is 0 Å². The molecule has 0 aliphatic carbocycles. The Kier molecular flexibility index (Phi) is 3.96. The average Bonchev–Trinajstić information content (AvgIpc) is 3.01. The molecule has 0 bridgehead atoms. The molecule has 0 amide bonds. The maximum atomic E-state index is 5.68. The van der Waals surface area contributed by atoms with E-state index in [4.69, 9.17) is 9.47 Å². The van der Waals surface area contributed by atoms with E-state index in [1.165, 1.54) is 0 Å². The third-order valence-corrected chi connectivity index (χ3v) is 3.53. The standard InChI is InChI=1S/C17H19N3O2/c1-4-9-22-13-5-6-14(15(10-13)21-3)17-12(2)19-11-16-18-7-8-20(16)17/h5-8,10-11H,4,9H2,1-3H3. The first-order valence-electron chi connectivity index (χ1n) is 7.34. The normalized spacial score (nSPS) is 10.9. The minimum atomic E-state index is 0.695. The number of nitrogens with zero attached hydrogens (tertiary/aromatic N) is 3. The minimum Gasteiger partial charge on any atom is -0.496 e. The molecule has 2 heterocycles. The predicted octanol–water partition coefficient (Wildman–Crippen LogP) is 3.50. The number of ether oxygens (including phenoxy) is 2. The monoisotopic (exact) mass is 297 g/mol. The minimum absolute atomic E-state index is 0.695. The molecule has 0 N–H and O–H groups in total. The fourth-order valence-corrected chi connectivity index (χ4v) is 2.49. The van der Waals surface area contributed by atoms with Crippen LogP contribution in [0.5, 0.6) is 11.5 Å². The van der Waals surface area contributed by atoms with Gasteiger partial charge in [0.25, 0.3) is 0 Å². The highest BCUT2D eigenvalue weighted by Gasteiger charge is 2.14. The van der Waals surface area contributed by atoms with Gasteiger partial charge in [-0.05, 0) is 25.5 Å². The topological polar surface area (TPSA) is 48.7 Å². The Balaban J connectivity index is 2.13. The van der Waals surface area contributed by atoms with Crippen LogP contribution < -0.4 is 9.47 Å². The van der Waals surface area contributed by atoms with E-state index in [1.807, 2.05) is 35.7 Å². The molecule has 1 aromatic carbocycles. The Labute approximate surface area is 129 Å². The lowest BCUT2D eigenvalue weighted by molar-refractivity contribution is 0.315. The molecule has 0 unspecified atom stereocenters. The molecule has 0 atom stereocenters. The molecule has 0 radical (unpaired) electrons. The van der Waals surface area contributed by atoms with Crippen LogP contribution >= 0.6 is 0 Å². The molecule has 114 valence electrons. The largest absolute Gasteiger partial charge is 0.496 e. The van der Waals surface area contributed by atoms with Gasteiger partial charge in [-0.25, -0.2) is 4.98 Å². The fourth-order valence-electron chi connectivity index (χ4n) is 2.49. The smallest absolute Gasteiger partial charge is 0.155 e. The van der Waals surface area contributed by atoms with Gasteiger partial charge in [0.2, 0.25) is 0 Å². The number of aromatic nitrogens is 3. The first kappa shape index (κ1) is 14.4. The third-order valence-electron chi connectivity index (χ3n) is 3.53. The van der Waals surface area contributed by atoms with Crippen molar-refractivity contribution in [3.8, 4) is 22.8 Å². The van der Waals surface area contributed by atoms with Crippen LogP contribution in [-0.2, 0) is 0 Å². The van der Waals surface area contributed by atoms with Crippen LogP contribution in [-0.4, -0.2) is 28.1 Å². The van der Waals surface area contributed by atoms with Crippen molar-refractivity contribution in [3.63, 3.8) is 0 Å². The van der Waals surface area contributed by atoms with E-state index in [0.717, 1.165) is 40.5 Å². The summed E-state index contributed by atoms with van der Waals surface area (Å²) in [5, 5.41) is 0. The molecule has 22 heavy (non-hydrogen) atoms. The molecule has 0 spiro atoms. The highest BCUT2D eigenvalue weighted by Crippen LogP contribution is 2.34. The molecule has 5 heteroatoms. The van der Waals surface area contributed by atoms with E-state index in [2.05, 4.69) is 16.9 Å². The maximum Gasteiger partial charge on any atom is 0.155 e. The van der Waals surface area contributed by atoms with E-state index in [9.17, 15) is 0 Å². The number of imidazole rings is 1. The van der Waals surface area contributed by atoms with Gasteiger partial charge in [-0.15, -0.1) is 0 Å². The molecule has 0 aliphatic rings. The second-order valence-electron chi connectivity index (χ2n) is 5.06. The van der Waals surface area contributed by atoms with Crippen LogP contribution in [0.1, 0.15) is 19.0 Å². The first-order chi connectivity index (χ1) is 10.7. The lowest BCUT2D eigenvalue weighted by Gasteiger charge is -2.14. The van der Waals surface area contributed by atoms with Crippen LogP contribution in [0.3, 0.4) is 0 Å². The van der Waals surface area contributed by atoms with E-state index < -0.39 is 0 Å².